The van der Waals surface area contributed by atoms with E-state index in [9.17, 15) is 8.42 Å². The van der Waals surface area contributed by atoms with Crippen molar-refractivity contribution in [2.24, 2.45) is 12.8 Å². The third-order valence-electron chi connectivity index (χ3n) is 2.92. The van der Waals surface area contributed by atoms with Crippen molar-refractivity contribution in [2.75, 3.05) is 11.8 Å². The lowest BCUT2D eigenvalue weighted by Crippen LogP contribution is -2.12. The first-order chi connectivity index (χ1) is 9.46. The van der Waals surface area contributed by atoms with Gasteiger partial charge in [-0.05, 0) is 18.2 Å². The molecule has 0 bridgehead atoms. The molecule has 1 aromatic heterocycles. The lowest BCUT2D eigenvalue weighted by Gasteiger charge is -2.07. The number of anilines is 1. The number of methoxy groups -OCH3 is 1. The summed E-state index contributed by atoms with van der Waals surface area (Å²) in [6.07, 6.45) is 1.53. The van der Waals surface area contributed by atoms with Gasteiger partial charge in [-0.2, -0.15) is 0 Å². The highest BCUT2D eigenvalue weighted by Gasteiger charge is 2.17. The van der Waals surface area contributed by atoms with Crippen LogP contribution in [0.15, 0.2) is 41.4 Å². The van der Waals surface area contributed by atoms with Crippen LogP contribution in [0.2, 0.25) is 0 Å². The van der Waals surface area contributed by atoms with E-state index >= 15 is 0 Å². The Morgan fingerprint density at radius 3 is 2.70 bits per heavy atom. The molecule has 3 N–H and O–H groups in total. The number of nitrogens with two attached hydrogens (primary N) is 1. The molecule has 2 rings (SSSR count). The van der Waals surface area contributed by atoms with Crippen molar-refractivity contribution in [1.82, 2.24) is 4.57 Å². The highest BCUT2D eigenvalue weighted by atomic mass is 32.2. The Hall–Kier alpha value is -1.99. The third-order valence-corrected chi connectivity index (χ3v) is 4.27. The van der Waals surface area contributed by atoms with Gasteiger partial charge in [0.1, 0.15) is 10.6 Å². The molecule has 2 aromatic rings. The average molecular weight is 295 g/mol. The smallest absolute Gasteiger partial charge is 0.263 e. The van der Waals surface area contributed by atoms with Crippen LogP contribution in [-0.2, 0) is 23.6 Å². The fourth-order valence-corrected chi connectivity index (χ4v) is 2.97. The van der Waals surface area contributed by atoms with Crippen LogP contribution >= 0.6 is 0 Å². The Morgan fingerprint density at radius 2 is 2.10 bits per heavy atom. The number of benzene rings is 1. The van der Waals surface area contributed by atoms with Crippen LogP contribution in [0, 0.1) is 0 Å². The Kier molecular flexibility index (Phi) is 4.01. The number of hydrogen-bond donors (Lipinski definition) is 2. The van der Waals surface area contributed by atoms with E-state index in [0.29, 0.717) is 11.4 Å². The van der Waals surface area contributed by atoms with Gasteiger partial charge in [-0.3, -0.25) is 4.72 Å². The summed E-state index contributed by atoms with van der Waals surface area (Å²) >= 11 is 0. The number of aromatic nitrogens is 1. The van der Waals surface area contributed by atoms with Crippen molar-refractivity contribution in [3.05, 3.63) is 42.2 Å². The molecule has 7 heteroatoms. The number of hydrogen-bond acceptors (Lipinski definition) is 4. The number of rotatable bonds is 5. The Balaban J connectivity index is 2.30. The molecule has 0 unspecified atom stereocenters. The minimum Gasteiger partial charge on any atom is -0.497 e. The van der Waals surface area contributed by atoms with Gasteiger partial charge in [0.15, 0.2) is 0 Å². The quantitative estimate of drug-likeness (QED) is 0.870. The number of aryl methyl sites for hydroxylation is 1. The molecule has 0 spiro atoms. The van der Waals surface area contributed by atoms with E-state index in [1.807, 2.05) is 0 Å². The predicted molar refractivity (Wildman–Crippen MR) is 77.1 cm³/mol. The van der Waals surface area contributed by atoms with E-state index in [2.05, 4.69) is 4.72 Å². The van der Waals surface area contributed by atoms with Crippen LogP contribution in [0.1, 0.15) is 5.69 Å². The molecular formula is C13H17N3O3S. The van der Waals surface area contributed by atoms with Crippen molar-refractivity contribution >= 4 is 15.7 Å². The van der Waals surface area contributed by atoms with Crippen LogP contribution in [0.5, 0.6) is 5.75 Å². The molecular weight excluding hydrogens is 278 g/mol. The zero-order chi connectivity index (χ0) is 14.8. The Bertz CT molecular complexity index is 707. The molecule has 108 valence electrons. The minimum atomic E-state index is -3.63. The van der Waals surface area contributed by atoms with E-state index in [0.717, 1.165) is 5.69 Å². The summed E-state index contributed by atoms with van der Waals surface area (Å²) in [4.78, 5) is 0.184. The number of ether oxygens (including phenoxy) is 1. The molecule has 1 aromatic carbocycles. The van der Waals surface area contributed by atoms with Crippen LogP contribution in [0.25, 0.3) is 0 Å². The van der Waals surface area contributed by atoms with Crippen molar-refractivity contribution in [3.63, 3.8) is 0 Å². The van der Waals surface area contributed by atoms with E-state index in [-0.39, 0.29) is 11.4 Å². The van der Waals surface area contributed by atoms with E-state index in [4.69, 9.17) is 10.5 Å². The lowest BCUT2D eigenvalue weighted by atomic mass is 10.3. The van der Waals surface area contributed by atoms with Crippen molar-refractivity contribution in [2.45, 2.75) is 11.4 Å². The predicted octanol–water partition coefficient (Wildman–Crippen LogP) is 1.29. The highest BCUT2D eigenvalue weighted by Crippen LogP contribution is 2.21. The normalized spacial score (nSPS) is 11.3. The summed E-state index contributed by atoms with van der Waals surface area (Å²) in [6.45, 7) is 0.283. The first kappa shape index (κ1) is 14.4. The maximum absolute atomic E-state index is 12.3. The van der Waals surface area contributed by atoms with Crippen molar-refractivity contribution < 1.29 is 13.2 Å². The van der Waals surface area contributed by atoms with E-state index in [1.165, 1.54) is 13.3 Å². The molecule has 0 aliphatic carbocycles. The van der Waals surface area contributed by atoms with Crippen molar-refractivity contribution in [3.8, 4) is 5.75 Å². The van der Waals surface area contributed by atoms with Gasteiger partial charge in [-0.25, -0.2) is 8.42 Å². The van der Waals surface area contributed by atoms with E-state index in [1.54, 1.807) is 41.9 Å². The molecule has 0 aliphatic rings. The summed E-state index contributed by atoms with van der Waals surface area (Å²) < 4.78 is 33.8. The first-order valence-corrected chi connectivity index (χ1v) is 7.47. The topological polar surface area (TPSA) is 86.3 Å². The molecule has 0 radical (unpaired) electrons. The maximum atomic E-state index is 12.3. The first-order valence-electron chi connectivity index (χ1n) is 5.98. The zero-order valence-corrected chi connectivity index (χ0v) is 12.1. The molecule has 0 saturated carbocycles. The Morgan fingerprint density at radius 1 is 1.35 bits per heavy atom. The number of nitrogens with zero attached hydrogens (tertiary/aromatic N) is 1. The summed E-state index contributed by atoms with van der Waals surface area (Å²) in [5.41, 5.74) is 6.74. The molecule has 0 atom stereocenters. The number of nitrogens with one attached hydrogen (secondary N) is 1. The SMILES string of the molecule is COc1cccc(NS(=O)(=O)c2cc(CN)n(C)c2)c1. The molecule has 1 heterocycles. The van der Waals surface area contributed by atoms with Gasteiger partial charge in [0, 0.05) is 31.5 Å². The average Bonchev–Trinajstić information content (AvgIpc) is 2.80. The minimum absolute atomic E-state index is 0.184. The summed E-state index contributed by atoms with van der Waals surface area (Å²) in [5, 5.41) is 0. The highest BCUT2D eigenvalue weighted by molar-refractivity contribution is 7.92. The fraction of sp³-hybridized carbons (Fsp3) is 0.231. The maximum Gasteiger partial charge on any atom is 0.263 e. The summed E-state index contributed by atoms with van der Waals surface area (Å²) in [7, 11) is -0.349. The Labute approximate surface area is 118 Å². The van der Waals surface area contributed by atoms with Gasteiger partial charge in [0.2, 0.25) is 0 Å². The van der Waals surface area contributed by atoms with Crippen molar-refractivity contribution in [1.29, 1.82) is 0 Å². The summed E-state index contributed by atoms with van der Waals surface area (Å²) in [6, 6.07) is 8.29. The second-order valence-corrected chi connectivity index (χ2v) is 6.00. The van der Waals surface area contributed by atoms with Crippen LogP contribution in [-0.4, -0.2) is 20.1 Å². The van der Waals surface area contributed by atoms with Gasteiger partial charge in [-0.1, -0.05) is 6.07 Å². The molecule has 0 fully saturated rings. The molecule has 0 saturated heterocycles. The molecule has 0 aliphatic heterocycles. The lowest BCUT2D eigenvalue weighted by molar-refractivity contribution is 0.415. The standard InChI is InChI=1S/C13H17N3O3S/c1-16-9-13(7-11(16)8-14)20(17,18)15-10-4-3-5-12(6-10)19-2/h3-7,9,15H,8,14H2,1-2H3. The van der Waals surface area contributed by atoms with Gasteiger partial charge in [0.05, 0.1) is 12.8 Å². The van der Waals surface area contributed by atoms with Gasteiger partial charge < -0.3 is 15.0 Å². The van der Waals surface area contributed by atoms with Crippen LogP contribution in [0.4, 0.5) is 5.69 Å². The number of sulfonamides is 1. The van der Waals surface area contributed by atoms with Gasteiger partial charge in [0.25, 0.3) is 10.0 Å². The monoisotopic (exact) mass is 295 g/mol. The van der Waals surface area contributed by atoms with Gasteiger partial charge in [-0.15, -0.1) is 0 Å². The van der Waals surface area contributed by atoms with E-state index < -0.39 is 10.0 Å². The van der Waals surface area contributed by atoms with Gasteiger partial charge >= 0.3 is 0 Å². The van der Waals surface area contributed by atoms with Crippen LogP contribution in [0.3, 0.4) is 0 Å². The molecule has 20 heavy (non-hydrogen) atoms. The third kappa shape index (κ3) is 2.94. The summed E-state index contributed by atoms with van der Waals surface area (Å²) in [5.74, 6) is 0.584. The second-order valence-electron chi connectivity index (χ2n) is 4.32. The second kappa shape index (κ2) is 5.56. The molecule has 0 amide bonds. The largest absolute Gasteiger partial charge is 0.497 e. The van der Waals surface area contributed by atoms with Crippen LogP contribution < -0.4 is 15.2 Å². The fourth-order valence-electron chi connectivity index (χ4n) is 1.83. The zero-order valence-electron chi connectivity index (χ0n) is 11.3. The molecule has 6 nitrogen and oxygen atoms in total.